The van der Waals surface area contributed by atoms with E-state index in [-0.39, 0.29) is 12.3 Å². The number of carbonyl (C=O) groups excluding carboxylic acids is 1. The van der Waals surface area contributed by atoms with E-state index in [2.05, 4.69) is 9.97 Å². The first-order chi connectivity index (χ1) is 17.4. The van der Waals surface area contributed by atoms with Crippen LogP contribution in [0.15, 0.2) is 72.2 Å². The summed E-state index contributed by atoms with van der Waals surface area (Å²) in [5.74, 6) is -1.50. The highest BCUT2D eigenvalue weighted by Gasteiger charge is 2.27. The van der Waals surface area contributed by atoms with Crippen LogP contribution in [0.25, 0.3) is 22.4 Å². The van der Waals surface area contributed by atoms with Crippen molar-refractivity contribution in [1.29, 1.82) is 0 Å². The lowest BCUT2D eigenvalue weighted by Gasteiger charge is -2.21. The molecule has 0 bridgehead atoms. The molecule has 36 heavy (non-hydrogen) atoms. The van der Waals surface area contributed by atoms with Crippen LogP contribution in [-0.2, 0) is 16.0 Å². The highest BCUT2D eigenvalue weighted by Crippen LogP contribution is 2.35. The number of carboxylic acids is 1. The fraction of sp³-hybridized carbons (Fsp3) is 0.185. The quantitative estimate of drug-likeness (QED) is 0.298. The Hall–Kier alpha value is -3.75. The van der Waals surface area contributed by atoms with E-state index in [1.807, 2.05) is 53.9 Å². The van der Waals surface area contributed by atoms with E-state index in [9.17, 15) is 14.7 Å². The number of hydrogen-bond donors (Lipinski definition) is 1. The van der Waals surface area contributed by atoms with Crippen LogP contribution in [0.3, 0.4) is 0 Å². The molecule has 1 amide bonds. The van der Waals surface area contributed by atoms with E-state index in [1.54, 1.807) is 32.5 Å². The summed E-state index contributed by atoms with van der Waals surface area (Å²) in [5.41, 5.74) is 4.06. The molecule has 1 atom stereocenters. The molecule has 1 N–H and O–H groups in total. The predicted octanol–water partition coefficient (Wildman–Crippen LogP) is 5.83. The SMILES string of the molecule is COc1ccc(-c2ccc(Cl)c(-c3csc(N(C)C(=O)[C@@H](CC(=O)O)Cc4ccccc4)n3)c2)cn1. The number of benzene rings is 2. The molecule has 0 spiro atoms. The maximum atomic E-state index is 13.3. The van der Waals surface area contributed by atoms with Gasteiger partial charge < -0.3 is 9.84 Å². The lowest BCUT2D eigenvalue weighted by molar-refractivity contribution is -0.140. The minimum atomic E-state index is -1.02. The summed E-state index contributed by atoms with van der Waals surface area (Å²) < 4.78 is 5.13. The van der Waals surface area contributed by atoms with Gasteiger partial charge in [0.2, 0.25) is 11.8 Å². The molecule has 0 fully saturated rings. The number of rotatable bonds is 9. The Labute approximate surface area is 218 Å². The molecule has 9 heteroatoms. The number of methoxy groups -OCH3 is 1. The van der Waals surface area contributed by atoms with Gasteiger partial charge in [0.15, 0.2) is 5.13 Å². The van der Waals surface area contributed by atoms with E-state index in [0.29, 0.717) is 28.1 Å². The van der Waals surface area contributed by atoms with Crippen molar-refractivity contribution in [3.63, 3.8) is 0 Å². The van der Waals surface area contributed by atoms with Gasteiger partial charge in [0.05, 0.1) is 30.2 Å². The zero-order valence-corrected chi connectivity index (χ0v) is 21.3. The summed E-state index contributed by atoms with van der Waals surface area (Å²) in [7, 11) is 3.18. The Bertz CT molecular complexity index is 1360. The first-order valence-electron chi connectivity index (χ1n) is 11.1. The van der Waals surface area contributed by atoms with E-state index in [0.717, 1.165) is 22.3 Å². The van der Waals surface area contributed by atoms with Crippen molar-refractivity contribution in [3.05, 3.63) is 82.8 Å². The van der Waals surface area contributed by atoms with Gasteiger partial charge in [-0.25, -0.2) is 9.97 Å². The average molecular weight is 522 g/mol. The summed E-state index contributed by atoms with van der Waals surface area (Å²) in [4.78, 5) is 35.1. The van der Waals surface area contributed by atoms with Crippen molar-refractivity contribution in [2.24, 2.45) is 5.92 Å². The number of ether oxygens (including phenoxy) is 1. The Kier molecular flexibility index (Phi) is 7.97. The molecular formula is C27H24ClN3O4S. The van der Waals surface area contributed by atoms with Gasteiger partial charge in [-0.3, -0.25) is 14.5 Å². The Morgan fingerprint density at radius 1 is 1.11 bits per heavy atom. The molecule has 4 rings (SSSR count). The maximum absolute atomic E-state index is 13.3. The zero-order chi connectivity index (χ0) is 25.7. The molecule has 0 saturated carbocycles. The van der Waals surface area contributed by atoms with Crippen molar-refractivity contribution in [3.8, 4) is 28.3 Å². The number of carboxylic acid groups (broad SMARTS) is 1. The molecule has 0 aliphatic rings. The number of aromatic nitrogens is 2. The number of halogens is 1. The lowest BCUT2D eigenvalue weighted by Crippen LogP contribution is -2.35. The number of hydrogen-bond acceptors (Lipinski definition) is 6. The van der Waals surface area contributed by atoms with Gasteiger partial charge in [-0.15, -0.1) is 11.3 Å². The van der Waals surface area contributed by atoms with Gasteiger partial charge >= 0.3 is 5.97 Å². The van der Waals surface area contributed by atoms with Crippen LogP contribution < -0.4 is 9.64 Å². The van der Waals surface area contributed by atoms with Crippen LogP contribution in [0.4, 0.5) is 5.13 Å². The van der Waals surface area contributed by atoms with Gasteiger partial charge in [-0.05, 0) is 35.7 Å². The summed E-state index contributed by atoms with van der Waals surface area (Å²) in [5, 5.41) is 12.2. The smallest absolute Gasteiger partial charge is 0.304 e. The molecule has 0 radical (unpaired) electrons. The minimum absolute atomic E-state index is 0.264. The molecular weight excluding hydrogens is 498 g/mol. The first-order valence-corrected chi connectivity index (χ1v) is 12.4. The number of anilines is 1. The second-order valence-corrected chi connectivity index (χ2v) is 9.42. The van der Waals surface area contributed by atoms with Crippen molar-refractivity contribution >= 4 is 39.9 Å². The number of amides is 1. The van der Waals surface area contributed by atoms with Crippen LogP contribution in [0, 0.1) is 5.92 Å². The highest BCUT2D eigenvalue weighted by atomic mass is 35.5. The molecule has 2 aromatic carbocycles. The third-order valence-corrected chi connectivity index (χ3v) is 6.97. The monoisotopic (exact) mass is 521 g/mol. The second-order valence-electron chi connectivity index (χ2n) is 8.18. The molecule has 184 valence electrons. The normalized spacial score (nSPS) is 11.6. The van der Waals surface area contributed by atoms with E-state index in [1.165, 1.54) is 16.2 Å². The number of nitrogens with zero attached hydrogens (tertiary/aromatic N) is 3. The van der Waals surface area contributed by atoms with E-state index in [4.69, 9.17) is 16.3 Å². The molecule has 4 aromatic rings. The molecule has 0 aliphatic carbocycles. The lowest BCUT2D eigenvalue weighted by atomic mass is 9.95. The van der Waals surface area contributed by atoms with Gasteiger partial charge in [-0.2, -0.15) is 0 Å². The fourth-order valence-corrected chi connectivity index (χ4v) is 4.85. The third kappa shape index (κ3) is 5.90. The van der Waals surface area contributed by atoms with Crippen molar-refractivity contribution < 1.29 is 19.4 Å². The van der Waals surface area contributed by atoms with Gasteiger partial charge in [0.25, 0.3) is 0 Å². The Morgan fingerprint density at radius 3 is 2.53 bits per heavy atom. The Balaban J connectivity index is 1.57. The average Bonchev–Trinajstić information content (AvgIpc) is 3.38. The number of pyridine rings is 1. The molecule has 0 aliphatic heterocycles. The summed E-state index contributed by atoms with van der Waals surface area (Å²) in [6.07, 6.45) is 1.79. The third-order valence-electron chi connectivity index (χ3n) is 5.73. The van der Waals surface area contributed by atoms with Crippen LogP contribution in [-0.4, -0.2) is 41.1 Å². The van der Waals surface area contributed by atoms with Crippen LogP contribution in [0.2, 0.25) is 5.02 Å². The van der Waals surface area contributed by atoms with E-state index >= 15 is 0 Å². The zero-order valence-electron chi connectivity index (χ0n) is 19.7. The van der Waals surface area contributed by atoms with Crippen molar-refractivity contribution in [2.75, 3.05) is 19.1 Å². The fourth-order valence-electron chi connectivity index (χ4n) is 3.84. The van der Waals surface area contributed by atoms with Gasteiger partial charge in [-0.1, -0.05) is 48.0 Å². The van der Waals surface area contributed by atoms with Gasteiger partial charge in [0.1, 0.15) is 0 Å². The summed E-state index contributed by atoms with van der Waals surface area (Å²) >= 11 is 7.80. The minimum Gasteiger partial charge on any atom is -0.481 e. The molecule has 2 heterocycles. The molecule has 7 nitrogen and oxygen atoms in total. The standard InChI is InChI=1S/C27H24ClN3O4S/c1-31(26(34)20(14-25(32)33)12-17-6-4-3-5-7-17)27-30-23(16-36-27)21-13-18(8-10-22(21)28)19-9-11-24(35-2)29-15-19/h3-11,13,15-16,20H,12,14H2,1-2H3,(H,32,33)/t20-/m1/s1. The van der Waals surface area contributed by atoms with Crippen molar-refractivity contribution in [1.82, 2.24) is 9.97 Å². The van der Waals surface area contributed by atoms with Crippen LogP contribution >= 0.6 is 22.9 Å². The van der Waals surface area contributed by atoms with E-state index < -0.39 is 11.9 Å². The largest absolute Gasteiger partial charge is 0.481 e. The van der Waals surface area contributed by atoms with Crippen LogP contribution in [0.5, 0.6) is 5.88 Å². The number of aliphatic carboxylic acids is 1. The molecule has 0 saturated heterocycles. The topological polar surface area (TPSA) is 92.6 Å². The molecule has 0 unspecified atom stereocenters. The Morgan fingerprint density at radius 2 is 1.86 bits per heavy atom. The maximum Gasteiger partial charge on any atom is 0.304 e. The first kappa shape index (κ1) is 25.3. The summed E-state index contributed by atoms with van der Waals surface area (Å²) in [6, 6.07) is 18.7. The van der Waals surface area contributed by atoms with Gasteiger partial charge in [0, 0.05) is 35.8 Å². The number of carbonyl (C=O) groups is 2. The molecule has 2 aromatic heterocycles. The second kappa shape index (κ2) is 11.3. The summed E-state index contributed by atoms with van der Waals surface area (Å²) in [6.45, 7) is 0. The number of thiazole rings is 1. The predicted molar refractivity (Wildman–Crippen MR) is 142 cm³/mol. The van der Waals surface area contributed by atoms with Crippen LogP contribution in [0.1, 0.15) is 12.0 Å². The van der Waals surface area contributed by atoms with Crippen molar-refractivity contribution in [2.45, 2.75) is 12.8 Å². The highest BCUT2D eigenvalue weighted by molar-refractivity contribution is 7.14.